The largest absolute Gasteiger partial charge is 0.481 e. The highest BCUT2D eigenvalue weighted by Gasteiger charge is 2.22. The van der Waals surface area contributed by atoms with Gasteiger partial charge >= 0.3 is 5.97 Å². The van der Waals surface area contributed by atoms with E-state index >= 15 is 0 Å². The SMILES string of the molecule is O=C(O)CCCCNC1Cc2ccccc2Sc2ccc(Cl)cc21. The maximum Gasteiger partial charge on any atom is 0.303 e. The van der Waals surface area contributed by atoms with Gasteiger partial charge in [-0.1, -0.05) is 41.6 Å². The van der Waals surface area contributed by atoms with Gasteiger partial charge in [0.15, 0.2) is 0 Å². The molecule has 0 saturated heterocycles. The molecule has 2 aromatic carbocycles. The van der Waals surface area contributed by atoms with Crippen LogP contribution < -0.4 is 5.32 Å². The van der Waals surface area contributed by atoms with E-state index in [2.05, 4.69) is 35.6 Å². The fourth-order valence-corrected chi connectivity index (χ4v) is 4.27. The van der Waals surface area contributed by atoms with Crippen molar-refractivity contribution in [2.24, 2.45) is 0 Å². The second-order valence-corrected chi connectivity index (χ2v) is 7.47. The third kappa shape index (κ3) is 4.32. The van der Waals surface area contributed by atoms with Crippen molar-refractivity contribution >= 4 is 29.3 Å². The Morgan fingerprint density at radius 3 is 2.88 bits per heavy atom. The maximum atomic E-state index is 10.6. The van der Waals surface area contributed by atoms with Gasteiger partial charge in [-0.25, -0.2) is 0 Å². The molecule has 1 unspecified atom stereocenters. The number of rotatable bonds is 6. The van der Waals surface area contributed by atoms with Crippen LogP contribution in [-0.4, -0.2) is 17.6 Å². The Bertz CT molecular complexity index is 735. The quantitative estimate of drug-likeness (QED) is 0.716. The number of carboxylic acids is 1. The first-order chi connectivity index (χ1) is 11.6. The summed E-state index contributed by atoms with van der Waals surface area (Å²) in [5.74, 6) is -0.730. The fraction of sp³-hybridized carbons (Fsp3) is 0.316. The Balaban J connectivity index is 1.77. The van der Waals surface area contributed by atoms with E-state index in [0.29, 0.717) is 6.42 Å². The van der Waals surface area contributed by atoms with Gasteiger partial charge in [0.25, 0.3) is 0 Å². The number of unbranched alkanes of at least 4 members (excludes halogenated alkanes) is 1. The van der Waals surface area contributed by atoms with Gasteiger partial charge in [-0.15, -0.1) is 0 Å². The number of hydrogen-bond acceptors (Lipinski definition) is 3. The Morgan fingerprint density at radius 2 is 2.04 bits per heavy atom. The van der Waals surface area contributed by atoms with Crippen LogP contribution in [0.3, 0.4) is 0 Å². The monoisotopic (exact) mass is 361 g/mol. The molecule has 2 N–H and O–H groups in total. The first-order valence-electron chi connectivity index (χ1n) is 8.14. The smallest absolute Gasteiger partial charge is 0.303 e. The summed E-state index contributed by atoms with van der Waals surface area (Å²) in [4.78, 5) is 13.1. The average Bonchev–Trinajstić information content (AvgIpc) is 2.71. The van der Waals surface area contributed by atoms with E-state index in [-0.39, 0.29) is 12.5 Å². The lowest BCUT2D eigenvalue weighted by Gasteiger charge is -2.19. The van der Waals surface area contributed by atoms with E-state index in [1.54, 1.807) is 11.8 Å². The zero-order valence-corrected chi connectivity index (χ0v) is 14.9. The molecule has 1 atom stereocenters. The summed E-state index contributed by atoms with van der Waals surface area (Å²) in [6.07, 6.45) is 2.69. The molecule has 0 amide bonds. The third-order valence-electron chi connectivity index (χ3n) is 4.17. The summed E-state index contributed by atoms with van der Waals surface area (Å²) in [6, 6.07) is 14.7. The van der Waals surface area contributed by atoms with Crippen LogP contribution in [-0.2, 0) is 11.2 Å². The molecule has 0 spiro atoms. The van der Waals surface area contributed by atoms with Crippen LogP contribution >= 0.6 is 23.4 Å². The third-order valence-corrected chi connectivity index (χ3v) is 5.62. The zero-order chi connectivity index (χ0) is 16.9. The molecule has 0 aliphatic carbocycles. The fourth-order valence-electron chi connectivity index (χ4n) is 2.96. The minimum atomic E-state index is -0.730. The Labute approximate surface area is 151 Å². The molecule has 0 aromatic heterocycles. The first kappa shape index (κ1) is 17.3. The van der Waals surface area contributed by atoms with Gasteiger partial charge in [-0.2, -0.15) is 0 Å². The second-order valence-electron chi connectivity index (χ2n) is 5.95. The van der Waals surface area contributed by atoms with Gasteiger partial charge in [-0.3, -0.25) is 4.79 Å². The van der Waals surface area contributed by atoms with E-state index in [9.17, 15) is 4.79 Å². The lowest BCUT2D eigenvalue weighted by Crippen LogP contribution is -2.24. The number of carbonyl (C=O) groups is 1. The molecule has 0 fully saturated rings. The molecule has 1 aliphatic rings. The van der Waals surface area contributed by atoms with Gasteiger partial charge in [-0.05, 0) is 61.2 Å². The molecule has 1 heterocycles. The highest BCUT2D eigenvalue weighted by molar-refractivity contribution is 7.99. The molecule has 0 saturated carbocycles. The molecular weight excluding hydrogens is 342 g/mol. The van der Waals surface area contributed by atoms with E-state index in [1.165, 1.54) is 20.9 Å². The molecule has 5 heteroatoms. The van der Waals surface area contributed by atoms with Crippen LogP contribution in [0.25, 0.3) is 0 Å². The zero-order valence-electron chi connectivity index (χ0n) is 13.3. The summed E-state index contributed by atoms with van der Waals surface area (Å²) in [5.41, 5.74) is 2.56. The molecule has 0 radical (unpaired) electrons. The van der Waals surface area contributed by atoms with Crippen LogP contribution in [0.2, 0.25) is 5.02 Å². The Hall–Kier alpha value is -1.49. The van der Waals surface area contributed by atoms with E-state index < -0.39 is 5.97 Å². The number of fused-ring (bicyclic) bond motifs is 2. The predicted molar refractivity (Wildman–Crippen MR) is 98.0 cm³/mol. The number of halogens is 1. The van der Waals surface area contributed by atoms with Crippen molar-refractivity contribution in [1.82, 2.24) is 5.32 Å². The maximum absolute atomic E-state index is 10.6. The van der Waals surface area contributed by atoms with Gasteiger partial charge in [0.05, 0.1) is 0 Å². The number of hydrogen-bond donors (Lipinski definition) is 2. The van der Waals surface area contributed by atoms with Gasteiger partial charge in [0.2, 0.25) is 0 Å². The van der Waals surface area contributed by atoms with Crippen LogP contribution in [0.5, 0.6) is 0 Å². The molecule has 1 aliphatic heterocycles. The van der Waals surface area contributed by atoms with E-state index in [4.69, 9.17) is 16.7 Å². The molecule has 126 valence electrons. The molecule has 24 heavy (non-hydrogen) atoms. The Morgan fingerprint density at radius 1 is 1.21 bits per heavy atom. The first-order valence-corrected chi connectivity index (χ1v) is 9.33. The van der Waals surface area contributed by atoms with Crippen molar-refractivity contribution < 1.29 is 9.90 Å². The Kier molecular flexibility index (Phi) is 5.82. The minimum absolute atomic E-state index is 0.194. The average molecular weight is 362 g/mol. The standard InChI is InChI=1S/C19H20ClNO2S/c20-14-8-9-18-15(12-14)16(21-10-4-3-7-19(22)23)11-13-5-1-2-6-17(13)24-18/h1-2,5-6,8-9,12,16,21H,3-4,7,10-11H2,(H,22,23). The second kappa shape index (κ2) is 8.06. The van der Waals surface area contributed by atoms with Crippen LogP contribution in [0.1, 0.15) is 36.4 Å². The predicted octanol–water partition coefficient (Wildman–Crippen LogP) is 4.93. The summed E-state index contributed by atoms with van der Waals surface area (Å²) < 4.78 is 0. The molecule has 0 bridgehead atoms. The van der Waals surface area contributed by atoms with Crippen molar-refractivity contribution in [3.05, 3.63) is 58.6 Å². The number of nitrogens with one attached hydrogen (secondary N) is 1. The van der Waals surface area contributed by atoms with Crippen molar-refractivity contribution in [3.8, 4) is 0 Å². The number of carboxylic acid groups (broad SMARTS) is 1. The van der Waals surface area contributed by atoms with Crippen molar-refractivity contribution in [2.45, 2.75) is 41.5 Å². The summed E-state index contributed by atoms with van der Waals surface area (Å²) in [7, 11) is 0. The summed E-state index contributed by atoms with van der Waals surface area (Å²) in [6.45, 7) is 0.802. The molecular formula is C19H20ClNO2S. The van der Waals surface area contributed by atoms with E-state index in [0.717, 1.165) is 24.4 Å². The van der Waals surface area contributed by atoms with E-state index in [1.807, 2.05) is 12.1 Å². The molecule has 3 rings (SSSR count). The lowest BCUT2D eigenvalue weighted by molar-refractivity contribution is -0.137. The molecule has 2 aromatic rings. The molecule has 3 nitrogen and oxygen atoms in total. The minimum Gasteiger partial charge on any atom is -0.481 e. The van der Waals surface area contributed by atoms with Crippen molar-refractivity contribution in [1.29, 1.82) is 0 Å². The van der Waals surface area contributed by atoms with Crippen LogP contribution in [0, 0.1) is 0 Å². The van der Waals surface area contributed by atoms with Gasteiger partial charge < -0.3 is 10.4 Å². The number of aliphatic carboxylic acids is 1. The topological polar surface area (TPSA) is 49.3 Å². The highest BCUT2D eigenvalue weighted by Crippen LogP contribution is 2.41. The van der Waals surface area contributed by atoms with Crippen LogP contribution in [0.4, 0.5) is 0 Å². The summed E-state index contributed by atoms with van der Waals surface area (Å²) in [5, 5.41) is 13.1. The normalized spacial score (nSPS) is 16.1. The van der Waals surface area contributed by atoms with Crippen molar-refractivity contribution in [2.75, 3.05) is 6.54 Å². The van der Waals surface area contributed by atoms with Gasteiger partial charge in [0.1, 0.15) is 0 Å². The van der Waals surface area contributed by atoms with Crippen molar-refractivity contribution in [3.63, 3.8) is 0 Å². The lowest BCUT2D eigenvalue weighted by atomic mass is 9.98. The van der Waals surface area contributed by atoms with Crippen LogP contribution in [0.15, 0.2) is 52.3 Å². The van der Waals surface area contributed by atoms with Gasteiger partial charge in [0, 0.05) is 27.3 Å². The highest BCUT2D eigenvalue weighted by atomic mass is 35.5. The number of benzene rings is 2. The summed E-state index contributed by atoms with van der Waals surface area (Å²) >= 11 is 8.01.